The van der Waals surface area contributed by atoms with Crippen LogP contribution in [0.4, 0.5) is 0 Å². The van der Waals surface area contributed by atoms with E-state index in [1.54, 1.807) is 18.2 Å². The van der Waals surface area contributed by atoms with E-state index in [9.17, 15) is 0 Å². The maximum absolute atomic E-state index is 8.81. The fourth-order valence-electron chi connectivity index (χ4n) is 1.69. The van der Waals surface area contributed by atoms with Crippen LogP contribution in [0.2, 0.25) is 0 Å². The van der Waals surface area contributed by atoms with Gasteiger partial charge in [0.2, 0.25) is 0 Å². The molecular weight excluding hydrogens is 290 g/mol. The van der Waals surface area contributed by atoms with E-state index in [0.29, 0.717) is 11.3 Å². The van der Waals surface area contributed by atoms with Gasteiger partial charge in [-0.25, -0.2) is 0 Å². The van der Waals surface area contributed by atoms with Gasteiger partial charge in [-0.1, -0.05) is 17.7 Å². The third kappa shape index (κ3) is 2.72. The van der Waals surface area contributed by atoms with Crippen LogP contribution in [0.5, 0.6) is 11.5 Å². The molecule has 90 valence electrons. The number of hydrogen-bond acceptors (Lipinski definition) is 2. The Morgan fingerprint density at radius 1 is 1.06 bits per heavy atom. The molecule has 0 N–H and O–H groups in total. The molecule has 0 atom stereocenters. The molecule has 0 aromatic heterocycles. The van der Waals surface area contributed by atoms with Crippen molar-refractivity contribution in [3.05, 3.63) is 57.6 Å². The van der Waals surface area contributed by atoms with E-state index in [1.165, 1.54) is 5.56 Å². The maximum Gasteiger partial charge on any atom is 0.141 e. The first-order valence-electron chi connectivity index (χ1n) is 5.55. The number of ether oxygens (including phenoxy) is 1. The molecule has 0 spiro atoms. The maximum atomic E-state index is 8.81. The van der Waals surface area contributed by atoms with Gasteiger partial charge in [0.05, 0.1) is 16.1 Å². The van der Waals surface area contributed by atoms with E-state index in [-0.39, 0.29) is 0 Å². The highest BCUT2D eigenvalue weighted by Crippen LogP contribution is 2.32. The van der Waals surface area contributed by atoms with Crippen molar-refractivity contribution in [1.82, 2.24) is 0 Å². The van der Waals surface area contributed by atoms with Crippen molar-refractivity contribution in [3.8, 4) is 17.6 Å². The van der Waals surface area contributed by atoms with Gasteiger partial charge >= 0.3 is 0 Å². The topological polar surface area (TPSA) is 33.0 Å². The van der Waals surface area contributed by atoms with Gasteiger partial charge in [0.1, 0.15) is 11.5 Å². The Labute approximate surface area is 115 Å². The van der Waals surface area contributed by atoms with Gasteiger partial charge in [-0.3, -0.25) is 0 Å². The van der Waals surface area contributed by atoms with Crippen LogP contribution in [0.25, 0.3) is 0 Å². The molecule has 0 bridgehead atoms. The largest absolute Gasteiger partial charge is 0.456 e. The normalized spacial score (nSPS) is 9.89. The molecule has 2 rings (SSSR count). The second kappa shape index (κ2) is 5.24. The predicted octanol–water partition coefficient (Wildman–Crippen LogP) is 4.73. The van der Waals surface area contributed by atoms with Crippen LogP contribution in [0, 0.1) is 25.2 Å². The highest BCUT2D eigenvalue weighted by molar-refractivity contribution is 9.10. The van der Waals surface area contributed by atoms with Crippen molar-refractivity contribution in [2.75, 3.05) is 0 Å². The van der Waals surface area contributed by atoms with Crippen molar-refractivity contribution < 1.29 is 4.74 Å². The molecule has 0 aliphatic rings. The van der Waals surface area contributed by atoms with E-state index < -0.39 is 0 Å². The summed E-state index contributed by atoms with van der Waals surface area (Å²) in [6, 6.07) is 13.4. The van der Waals surface area contributed by atoms with Crippen LogP contribution in [0.1, 0.15) is 16.7 Å². The Morgan fingerprint density at radius 3 is 2.39 bits per heavy atom. The number of halogens is 1. The molecular formula is C15H12BrNO. The average molecular weight is 302 g/mol. The van der Waals surface area contributed by atoms with Gasteiger partial charge in [0.15, 0.2) is 0 Å². The highest BCUT2D eigenvalue weighted by Gasteiger charge is 2.06. The molecule has 0 unspecified atom stereocenters. The smallest absolute Gasteiger partial charge is 0.141 e. The lowest BCUT2D eigenvalue weighted by Gasteiger charge is -2.10. The first kappa shape index (κ1) is 12.7. The number of rotatable bonds is 2. The first-order chi connectivity index (χ1) is 8.60. The second-order valence-electron chi connectivity index (χ2n) is 4.13. The number of benzene rings is 2. The van der Waals surface area contributed by atoms with E-state index in [0.717, 1.165) is 15.8 Å². The molecule has 2 aromatic rings. The number of aryl methyl sites for hydroxylation is 2. The third-order valence-electron chi connectivity index (χ3n) is 2.61. The zero-order valence-corrected chi connectivity index (χ0v) is 11.8. The summed E-state index contributed by atoms with van der Waals surface area (Å²) >= 11 is 3.41. The van der Waals surface area contributed by atoms with E-state index in [1.807, 2.05) is 19.1 Å². The van der Waals surface area contributed by atoms with E-state index >= 15 is 0 Å². The fraction of sp³-hybridized carbons (Fsp3) is 0.133. The summed E-state index contributed by atoms with van der Waals surface area (Å²) in [4.78, 5) is 0. The summed E-state index contributed by atoms with van der Waals surface area (Å²) in [7, 11) is 0. The standard InChI is InChI=1S/C15H12BrNO/c1-10-3-5-14(11(2)7-10)18-15-6-4-12(9-17)8-13(15)16/h3-8H,1-2H3. The van der Waals surface area contributed by atoms with Gasteiger partial charge in [0.25, 0.3) is 0 Å². The lowest BCUT2D eigenvalue weighted by Crippen LogP contribution is -1.89. The minimum atomic E-state index is 0.606. The zero-order valence-electron chi connectivity index (χ0n) is 10.2. The summed E-state index contributed by atoms with van der Waals surface area (Å²) in [6.45, 7) is 4.06. The van der Waals surface area contributed by atoms with Crippen LogP contribution >= 0.6 is 15.9 Å². The summed E-state index contributed by atoms with van der Waals surface area (Å²) in [5.41, 5.74) is 2.90. The number of nitriles is 1. The van der Waals surface area contributed by atoms with Gasteiger partial charge in [-0.15, -0.1) is 0 Å². The van der Waals surface area contributed by atoms with Gasteiger partial charge < -0.3 is 4.74 Å². The molecule has 18 heavy (non-hydrogen) atoms. The van der Waals surface area contributed by atoms with E-state index in [4.69, 9.17) is 10.00 Å². The highest BCUT2D eigenvalue weighted by atomic mass is 79.9. The molecule has 0 saturated carbocycles. The van der Waals surface area contributed by atoms with Crippen molar-refractivity contribution in [1.29, 1.82) is 5.26 Å². The first-order valence-corrected chi connectivity index (χ1v) is 6.34. The molecule has 0 saturated heterocycles. The SMILES string of the molecule is Cc1ccc(Oc2ccc(C#N)cc2Br)c(C)c1. The van der Waals surface area contributed by atoms with Gasteiger partial charge in [-0.2, -0.15) is 5.26 Å². The van der Waals surface area contributed by atoms with Crippen LogP contribution in [0.15, 0.2) is 40.9 Å². The van der Waals surface area contributed by atoms with Crippen LogP contribution in [-0.4, -0.2) is 0 Å². The Kier molecular flexibility index (Phi) is 3.69. The van der Waals surface area contributed by atoms with Crippen molar-refractivity contribution in [2.24, 2.45) is 0 Å². The summed E-state index contributed by atoms with van der Waals surface area (Å²) in [6.07, 6.45) is 0. The molecule has 3 heteroatoms. The number of nitrogens with zero attached hydrogens (tertiary/aromatic N) is 1. The lowest BCUT2D eigenvalue weighted by molar-refractivity contribution is 0.475. The third-order valence-corrected chi connectivity index (χ3v) is 3.23. The van der Waals surface area contributed by atoms with Crippen LogP contribution in [0.3, 0.4) is 0 Å². The Balaban J connectivity index is 2.32. The fourth-order valence-corrected chi connectivity index (χ4v) is 2.15. The Bertz CT molecular complexity index is 629. The molecule has 0 radical (unpaired) electrons. The minimum absolute atomic E-state index is 0.606. The van der Waals surface area contributed by atoms with Gasteiger partial charge in [-0.05, 0) is 59.6 Å². The van der Waals surface area contributed by atoms with E-state index in [2.05, 4.69) is 35.0 Å². The van der Waals surface area contributed by atoms with Crippen LogP contribution in [-0.2, 0) is 0 Å². The molecule has 0 amide bonds. The summed E-state index contributed by atoms with van der Waals surface area (Å²) < 4.78 is 6.62. The lowest BCUT2D eigenvalue weighted by atomic mass is 10.1. The molecule has 0 heterocycles. The van der Waals surface area contributed by atoms with Crippen molar-refractivity contribution >= 4 is 15.9 Å². The zero-order chi connectivity index (χ0) is 13.1. The average Bonchev–Trinajstić information content (AvgIpc) is 2.34. The minimum Gasteiger partial charge on any atom is -0.456 e. The second-order valence-corrected chi connectivity index (χ2v) is 4.98. The molecule has 2 nitrogen and oxygen atoms in total. The summed E-state index contributed by atoms with van der Waals surface area (Å²) in [5.74, 6) is 1.53. The molecule has 0 aliphatic carbocycles. The van der Waals surface area contributed by atoms with Crippen molar-refractivity contribution in [2.45, 2.75) is 13.8 Å². The Morgan fingerprint density at radius 2 is 1.78 bits per heavy atom. The van der Waals surface area contributed by atoms with Crippen LogP contribution < -0.4 is 4.74 Å². The number of hydrogen-bond donors (Lipinski definition) is 0. The molecule has 2 aromatic carbocycles. The quantitative estimate of drug-likeness (QED) is 0.803. The van der Waals surface area contributed by atoms with Gasteiger partial charge in [0, 0.05) is 0 Å². The predicted molar refractivity (Wildman–Crippen MR) is 74.8 cm³/mol. The molecule has 0 aliphatic heterocycles. The van der Waals surface area contributed by atoms with Crippen molar-refractivity contribution in [3.63, 3.8) is 0 Å². The monoisotopic (exact) mass is 301 g/mol. The molecule has 0 fully saturated rings. The Hall–Kier alpha value is -1.79. The summed E-state index contributed by atoms with van der Waals surface area (Å²) in [5, 5.41) is 8.81.